The lowest BCUT2D eigenvalue weighted by atomic mass is 10.0. The zero-order chi connectivity index (χ0) is 23.1. The molecule has 168 valence electrons. The number of ether oxygens (including phenoxy) is 1. The topological polar surface area (TPSA) is 32.8 Å². The maximum Gasteiger partial charge on any atom is 0.420 e. The van der Waals surface area contributed by atoms with Gasteiger partial charge in [-0.05, 0) is 36.8 Å². The summed E-state index contributed by atoms with van der Waals surface area (Å²) in [6.45, 7) is 0.271. The second-order valence-corrected chi connectivity index (χ2v) is 7.08. The van der Waals surface area contributed by atoms with Gasteiger partial charge in [0.05, 0.1) is 10.6 Å². The monoisotopic (exact) mass is 470 g/mol. The summed E-state index contributed by atoms with van der Waals surface area (Å²) in [6, 6.07) is 4.21. The molecule has 0 aliphatic carbocycles. The molecule has 0 N–H and O–H groups in total. The van der Waals surface area contributed by atoms with Crippen molar-refractivity contribution in [2.24, 2.45) is 0 Å². The minimum absolute atomic E-state index is 0.0865. The quantitative estimate of drug-likeness (QED) is 0.489. The summed E-state index contributed by atoms with van der Waals surface area (Å²) in [4.78, 5) is 14.5. The Morgan fingerprint density at radius 2 is 1.58 bits per heavy atom. The van der Waals surface area contributed by atoms with Gasteiger partial charge in [-0.2, -0.15) is 26.3 Å². The van der Waals surface area contributed by atoms with Gasteiger partial charge in [0.1, 0.15) is 17.1 Å². The molecule has 1 heterocycles. The lowest BCUT2D eigenvalue weighted by molar-refractivity contribution is -0.143. The Morgan fingerprint density at radius 1 is 1.03 bits per heavy atom. The molecule has 0 spiro atoms. The minimum Gasteiger partial charge on any atom is -0.407 e. The molecule has 0 aromatic heterocycles. The highest BCUT2D eigenvalue weighted by Crippen LogP contribution is 2.51. The second-order valence-electron chi connectivity index (χ2n) is 6.70. The molecular weight excluding hydrogens is 457 g/mol. The summed E-state index contributed by atoms with van der Waals surface area (Å²) in [5.41, 5.74) is -4.04. The number of carbonyl (C=O) groups excluding carboxylic acids is 1. The van der Waals surface area contributed by atoms with E-state index in [1.54, 1.807) is 0 Å². The summed E-state index contributed by atoms with van der Waals surface area (Å²) in [5, 5.41) is -0.993. The van der Waals surface area contributed by atoms with Crippen molar-refractivity contribution in [1.82, 2.24) is 0 Å². The Hall–Kier alpha value is -2.69. The number of hydrogen-bond acceptors (Lipinski definition) is 3. The number of nitrogens with zero attached hydrogens (tertiary/aromatic N) is 2. The van der Waals surface area contributed by atoms with E-state index in [0.29, 0.717) is 6.42 Å². The van der Waals surface area contributed by atoms with Crippen LogP contribution in [0.5, 0.6) is 5.75 Å². The van der Waals surface area contributed by atoms with Crippen LogP contribution >= 0.6 is 11.6 Å². The largest absolute Gasteiger partial charge is 0.420 e. The van der Waals surface area contributed by atoms with E-state index in [1.807, 2.05) is 0 Å². The van der Waals surface area contributed by atoms with Gasteiger partial charge in [0, 0.05) is 25.8 Å². The molecular formula is C19H14ClF7N2O2. The van der Waals surface area contributed by atoms with Crippen LogP contribution in [-0.4, -0.2) is 26.2 Å². The third-order valence-corrected chi connectivity index (χ3v) is 5.04. The summed E-state index contributed by atoms with van der Waals surface area (Å²) in [5.74, 6) is -1.73. The number of benzene rings is 2. The van der Waals surface area contributed by atoms with Crippen molar-refractivity contribution in [2.75, 3.05) is 29.9 Å². The molecule has 1 saturated heterocycles. The smallest absolute Gasteiger partial charge is 0.407 e. The highest BCUT2D eigenvalue weighted by Gasteiger charge is 2.45. The molecule has 2 aromatic rings. The molecule has 0 bridgehead atoms. The maximum absolute atomic E-state index is 13.7. The Bertz CT molecular complexity index is 987. The van der Waals surface area contributed by atoms with Gasteiger partial charge >= 0.3 is 18.4 Å². The fraction of sp³-hybridized carbons (Fsp3) is 0.316. The summed E-state index contributed by atoms with van der Waals surface area (Å²) in [6.07, 6.45) is -11.2. The van der Waals surface area contributed by atoms with Crippen LogP contribution in [0.1, 0.15) is 17.5 Å². The van der Waals surface area contributed by atoms with Gasteiger partial charge in [0.25, 0.3) is 0 Å². The first kappa shape index (κ1) is 23.0. The normalized spacial score (nSPS) is 14.3. The van der Waals surface area contributed by atoms with Crippen molar-refractivity contribution in [3.8, 4) is 5.75 Å². The van der Waals surface area contributed by atoms with Crippen LogP contribution < -0.4 is 14.5 Å². The van der Waals surface area contributed by atoms with Crippen LogP contribution in [0.3, 0.4) is 0 Å². The number of anilines is 2. The SMILES string of the molecule is CN(C(=O)Oc1c(C(F)(F)F)cc(C(F)(F)F)c(Cl)c1N1CCC1)c1ccc(F)cc1. The summed E-state index contributed by atoms with van der Waals surface area (Å²) < 4.78 is 99.0. The molecule has 0 saturated carbocycles. The molecule has 4 nitrogen and oxygen atoms in total. The van der Waals surface area contributed by atoms with Crippen LogP contribution in [0, 0.1) is 5.82 Å². The third-order valence-electron chi connectivity index (χ3n) is 4.65. The van der Waals surface area contributed by atoms with Crippen molar-refractivity contribution in [3.05, 3.63) is 52.3 Å². The highest BCUT2D eigenvalue weighted by atomic mass is 35.5. The lowest BCUT2D eigenvalue weighted by Crippen LogP contribution is -2.39. The molecule has 0 unspecified atom stereocenters. The van der Waals surface area contributed by atoms with Crippen LogP contribution in [0.15, 0.2) is 30.3 Å². The number of hydrogen-bond donors (Lipinski definition) is 0. The average molecular weight is 471 g/mol. The zero-order valence-electron chi connectivity index (χ0n) is 15.7. The van der Waals surface area contributed by atoms with Crippen LogP contribution in [0.25, 0.3) is 0 Å². The lowest BCUT2D eigenvalue weighted by Gasteiger charge is -2.36. The van der Waals surface area contributed by atoms with E-state index in [2.05, 4.69) is 0 Å². The number of amides is 1. The van der Waals surface area contributed by atoms with Gasteiger partial charge < -0.3 is 9.64 Å². The van der Waals surface area contributed by atoms with E-state index in [1.165, 1.54) is 17.0 Å². The van der Waals surface area contributed by atoms with Crippen LogP contribution in [0.4, 0.5) is 46.9 Å². The molecule has 1 aliphatic heterocycles. The van der Waals surface area contributed by atoms with Crippen molar-refractivity contribution >= 4 is 29.1 Å². The Labute approximate surface area is 176 Å². The van der Waals surface area contributed by atoms with Gasteiger partial charge in [-0.25, -0.2) is 9.18 Å². The van der Waals surface area contributed by atoms with Gasteiger partial charge in [-0.15, -0.1) is 0 Å². The fourth-order valence-corrected chi connectivity index (χ4v) is 3.26. The summed E-state index contributed by atoms with van der Waals surface area (Å²) >= 11 is 5.85. The van der Waals surface area contributed by atoms with Crippen molar-refractivity contribution in [2.45, 2.75) is 18.8 Å². The van der Waals surface area contributed by atoms with Gasteiger partial charge in [-0.1, -0.05) is 11.6 Å². The first-order chi connectivity index (χ1) is 14.3. The molecule has 0 radical (unpaired) electrons. The molecule has 2 aromatic carbocycles. The number of carbonyl (C=O) groups is 1. The van der Waals surface area contributed by atoms with Crippen molar-refractivity contribution in [1.29, 1.82) is 0 Å². The van der Waals surface area contributed by atoms with Crippen LogP contribution in [-0.2, 0) is 12.4 Å². The molecule has 1 fully saturated rings. The molecule has 12 heteroatoms. The standard InChI is InChI=1S/C19H14ClF7N2O2/c1-28(11-5-3-10(21)4-6-11)17(30)31-16-13(19(25,26)27)9-12(18(22,23)24)14(20)15(16)29-7-2-8-29/h3-6,9H,2,7-8H2,1H3. The summed E-state index contributed by atoms with van der Waals surface area (Å²) in [7, 11) is 1.15. The van der Waals surface area contributed by atoms with E-state index in [9.17, 15) is 35.5 Å². The predicted molar refractivity (Wildman–Crippen MR) is 99.1 cm³/mol. The average Bonchev–Trinajstić information content (AvgIpc) is 2.60. The number of rotatable bonds is 3. The molecule has 31 heavy (non-hydrogen) atoms. The van der Waals surface area contributed by atoms with Gasteiger partial charge in [0.15, 0.2) is 5.75 Å². The minimum atomic E-state index is -5.27. The highest BCUT2D eigenvalue weighted by molar-refractivity contribution is 6.34. The number of halogens is 8. The van der Waals surface area contributed by atoms with Crippen molar-refractivity contribution in [3.63, 3.8) is 0 Å². The molecule has 1 amide bonds. The Morgan fingerprint density at radius 3 is 2.03 bits per heavy atom. The van der Waals surface area contributed by atoms with E-state index in [0.717, 1.165) is 24.1 Å². The van der Waals surface area contributed by atoms with E-state index in [4.69, 9.17) is 16.3 Å². The van der Waals surface area contributed by atoms with E-state index >= 15 is 0 Å². The molecule has 3 rings (SSSR count). The molecule has 1 aliphatic rings. The zero-order valence-corrected chi connectivity index (χ0v) is 16.5. The predicted octanol–water partition coefficient (Wildman–Crippen LogP) is 6.36. The first-order valence-electron chi connectivity index (χ1n) is 8.77. The fourth-order valence-electron chi connectivity index (χ4n) is 2.90. The maximum atomic E-state index is 13.7. The van der Waals surface area contributed by atoms with Crippen LogP contribution in [0.2, 0.25) is 5.02 Å². The van der Waals surface area contributed by atoms with E-state index in [-0.39, 0.29) is 24.8 Å². The third kappa shape index (κ3) is 4.65. The Balaban J connectivity index is 2.12. The van der Waals surface area contributed by atoms with Gasteiger partial charge in [0.2, 0.25) is 0 Å². The van der Waals surface area contributed by atoms with Gasteiger partial charge in [-0.3, -0.25) is 4.90 Å². The Kier molecular flexibility index (Phi) is 6.01. The first-order valence-corrected chi connectivity index (χ1v) is 9.15. The number of alkyl halides is 6. The second kappa shape index (κ2) is 8.10. The van der Waals surface area contributed by atoms with E-state index < -0.39 is 51.8 Å². The van der Waals surface area contributed by atoms with Crippen molar-refractivity contribution < 1.29 is 40.3 Å². The molecule has 0 atom stereocenters.